The van der Waals surface area contributed by atoms with Gasteiger partial charge in [-0.25, -0.2) is 12.7 Å². The van der Waals surface area contributed by atoms with Gasteiger partial charge in [0.2, 0.25) is 15.9 Å². The van der Waals surface area contributed by atoms with E-state index in [1.807, 2.05) is 12.1 Å². The Morgan fingerprint density at radius 1 is 1.11 bits per heavy atom. The molecule has 27 heavy (non-hydrogen) atoms. The molecule has 0 spiro atoms. The van der Waals surface area contributed by atoms with Crippen molar-refractivity contribution < 1.29 is 13.2 Å². The number of hydrogen-bond acceptors (Lipinski definition) is 4. The highest BCUT2D eigenvalue weighted by Crippen LogP contribution is 2.20. The van der Waals surface area contributed by atoms with Gasteiger partial charge in [-0.3, -0.25) is 9.78 Å². The molecule has 0 saturated carbocycles. The summed E-state index contributed by atoms with van der Waals surface area (Å²) >= 11 is 0. The Balaban J connectivity index is 1.80. The van der Waals surface area contributed by atoms with Crippen molar-refractivity contribution in [3.05, 3.63) is 41.7 Å². The van der Waals surface area contributed by atoms with Crippen LogP contribution in [-0.2, 0) is 21.2 Å². The normalized spacial score (nSPS) is 14.9. The third-order valence-electron chi connectivity index (χ3n) is 5.02. The van der Waals surface area contributed by atoms with Crippen molar-refractivity contribution in [2.45, 2.75) is 44.9 Å². The van der Waals surface area contributed by atoms with E-state index in [1.54, 1.807) is 24.3 Å². The van der Waals surface area contributed by atoms with Gasteiger partial charge in [0.25, 0.3) is 0 Å². The summed E-state index contributed by atoms with van der Waals surface area (Å²) in [5.41, 5.74) is 2.47. The topological polar surface area (TPSA) is 70.6 Å². The summed E-state index contributed by atoms with van der Waals surface area (Å²) in [7, 11) is -1.55. The molecular formula is C20H31N3O3S. The second kappa shape index (κ2) is 10.6. The maximum absolute atomic E-state index is 12.4. The van der Waals surface area contributed by atoms with Crippen molar-refractivity contribution in [1.29, 1.82) is 0 Å². The fourth-order valence-electron chi connectivity index (χ4n) is 3.23. The number of pyridine rings is 1. The van der Waals surface area contributed by atoms with E-state index >= 15 is 0 Å². The second-order valence-electron chi connectivity index (χ2n) is 7.19. The molecule has 0 saturated heterocycles. The van der Waals surface area contributed by atoms with Crippen molar-refractivity contribution in [2.24, 2.45) is 0 Å². The standard InChI is InChI=1S/C20H31N3O3S/c1-22(15-10-19-8-13-21-14-9-19)20(24)12-17-23(27(2,25)26)16-11-18-6-4-3-5-7-18/h6,8-9,13-14H,3-5,7,10-12,15-17H2,1-2H3. The summed E-state index contributed by atoms with van der Waals surface area (Å²) in [6.45, 7) is 1.30. The molecule has 1 aromatic heterocycles. The van der Waals surface area contributed by atoms with Crippen LogP contribution in [0.1, 0.15) is 44.1 Å². The molecule has 0 atom stereocenters. The minimum Gasteiger partial charge on any atom is -0.345 e. The lowest BCUT2D eigenvalue weighted by Gasteiger charge is -2.23. The summed E-state index contributed by atoms with van der Waals surface area (Å²) in [6.07, 6.45) is 13.2. The average Bonchev–Trinajstić information content (AvgIpc) is 2.66. The van der Waals surface area contributed by atoms with E-state index in [4.69, 9.17) is 0 Å². The predicted octanol–water partition coefficient (Wildman–Crippen LogP) is 2.62. The van der Waals surface area contributed by atoms with E-state index in [-0.39, 0.29) is 18.9 Å². The molecule has 0 N–H and O–H groups in total. The Morgan fingerprint density at radius 2 is 1.85 bits per heavy atom. The fraction of sp³-hybridized carbons (Fsp3) is 0.600. The second-order valence-corrected chi connectivity index (χ2v) is 9.17. The first-order chi connectivity index (χ1) is 12.9. The van der Waals surface area contributed by atoms with Crippen molar-refractivity contribution in [3.8, 4) is 0 Å². The van der Waals surface area contributed by atoms with Gasteiger partial charge < -0.3 is 4.90 Å². The van der Waals surface area contributed by atoms with Crippen molar-refractivity contribution in [1.82, 2.24) is 14.2 Å². The number of rotatable bonds is 10. The van der Waals surface area contributed by atoms with Crippen LogP contribution in [0.15, 0.2) is 36.2 Å². The highest BCUT2D eigenvalue weighted by Gasteiger charge is 2.19. The van der Waals surface area contributed by atoms with Crippen LogP contribution < -0.4 is 0 Å². The van der Waals surface area contributed by atoms with Crippen LogP contribution in [0.4, 0.5) is 0 Å². The molecule has 1 aliphatic carbocycles. The minimum atomic E-state index is -3.31. The SMILES string of the molecule is CN(CCc1ccncc1)C(=O)CCN(CCC1=CCCCC1)S(C)(=O)=O. The van der Waals surface area contributed by atoms with Crippen LogP contribution in [0.25, 0.3) is 0 Å². The molecule has 0 bridgehead atoms. The summed E-state index contributed by atoms with van der Waals surface area (Å²) in [6, 6.07) is 3.87. The molecule has 1 aromatic rings. The maximum atomic E-state index is 12.4. The molecule has 0 radical (unpaired) electrons. The molecule has 1 aliphatic rings. The monoisotopic (exact) mass is 393 g/mol. The number of aromatic nitrogens is 1. The lowest BCUT2D eigenvalue weighted by atomic mass is 9.97. The summed E-state index contributed by atoms with van der Waals surface area (Å²) in [5, 5.41) is 0. The third kappa shape index (κ3) is 7.81. The van der Waals surface area contributed by atoms with Gasteiger partial charge in [-0.1, -0.05) is 11.6 Å². The molecule has 0 aromatic carbocycles. The first-order valence-corrected chi connectivity index (χ1v) is 11.5. The number of amides is 1. The molecular weight excluding hydrogens is 362 g/mol. The molecule has 0 fully saturated rings. The van der Waals surface area contributed by atoms with Gasteiger partial charge in [0.1, 0.15) is 0 Å². The van der Waals surface area contributed by atoms with Gasteiger partial charge in [0.05, 0.1) is 6.26 Å². The number of hydrogen-bond donors (Lipinski definition) is 0. The predicted molar refractivity (Wildman–Crippen MR) is 108 cm³/mol. The number of nitrogens with zero attached hydrogens (tertiary/aromatic N) is 3. The van der Waals surface area contributed by atoms with Gasteiger partial charge in [-0.05, 0) is 56.2 Å². The van der Waals surface area contributed by atoms with E-state index in [2.05, 4.69) is 11.1 Å². The van der Waals surface area contributed by atoms with Crippen LogP contribution in [-0.4, -0.2) is 61.5 Å². The highest BCUT2D eigenvalue weighted by molar-refractivity contribution is 7.88. The van der Waals surface area contributed by atoms with E-state index in [1.165, 1.54) is 29.0 Å². The Bertz CT molecular complexity index is 732. The zero-order valence-electron chi connectivity index (χ0n) is 16.4. The molecule has 0 unspecified atom stereocenters. The lowest BCUT2D eigenvalue weighted by molar-refractivity contribution is -0.130. The zero-order chi connectivity index (χ0) is 19.7. The number of sulfonamides is 1. The molecule has 7 heteroatoms. The largest absolute Gasteiger partial charge is 0.345 e. The average molecular weight is 394 g/mol. The zero-order valence-corrected chi connectivity index (χ0v) is 17.2. The lowest BCUT2D eigenvalue weighted by Crippen LogP contribution is -2.36. The van der Waals surface area contributed by atoms with Crippen LogP contribution >= 0.6 is 0 Å². The van der Waals surface area contributed by atoms with E-state index < -0.39 is 10.0 Å². The van der Waals surface area contributed by atoms with Crippen LogP contribution in [0.3, 0.4) is 0 Å². The van der Waals surface area contributed by atoms with Crippen LogP contribution in [0.5, 0.6) is 0 Å². The first-order valence-electron chi connectivity index (χ1n) is 9.62. The summed E-state index contributed by atoms with van der Waals surface area (Å²) < 4.78 is 25.6. The quantitative estimate of drug-likeness (QED) is 0.573. The van der Waals surface area contributed by atoms with Gasteiger partial charge in [0, 0.05) is 45.5 Å². The molecule has 2 rings (SSSR count). The Hall–Kier alpha value is -1.73. The van der Waals surface area contributed by atoms with Gasteiger partial charge in [0.15, 0.2) is 0 Å². The maximum Gasteiger partial charge on any atom is 0.223 e. The molecule has 0 aliphatic heterocycles. The van der Waals surface area contributed by atoms with E-state index in [0.717, 1.165) is 31.2 Å². The number of carbonyl (C=O) groups excluding carboxylic acids is 1. The van der Waals surface area contributed by atoms with Crippen LogP contribution in [0, 0.1) is 0 Å². The van der Waals surface area contributed by atoms with Crippen molar-refractivity contribution in [3.63, 3.8) is 0 Å². The number of likely N-dealkylation sites (N-methyl/N-ethyl adjacent to an activating group) is 1. The molecule has 1 heterocycles. The van der Waals surface area contributed by atoms with Gasteiger partial charge in [-0.2, -0.15) is 0 Å². The Kier molecular flexibility index (Phi) is 8.44. The summed E-state index contributed by atoms with van der Waals surface area (Å²) in [4.78, 5) is 18.0. The molecule has 6 nitrogen and oxygen atoms in total. The fourth-order valence-corrected chi connectivity index (χ4v) is 4.07. The Morgan fingerprint density at radius 3 is 2.48 bits per heavy atom. The van der Waals surface area contributed by atoms with Crippen LogP contribution in [0.2, 0.25) is 0 Å². The van der Waals surface area contributed by atoms with E-state index in [9.17, 15) is 13.2 Å². The summed E-state index contributed by atoms with van der Waals surface area (Å²) in [5.74, 6) is -0.0328. The molecule has 1 amide bonds. The first kappa shape index (κ1) is 21.6. The smallest absolute Gasteiger partial charge is 0.223 e. The molecule has 150 valence electrons. The number of allylic oxidation sites excluding steroid dienone is 1. The third-order valence-corrected chi connectivity index (χ3v) is 6.33. The van der Waals surface area contributed by atoms with Crippen molar-refractivity contribution in [2.75, 3.05) is 32.9 Å². The van der Waals surface area contributed by atoms with Gasteiger partial charge in [-0.15, -0.1) is 0 Å². The Labute approximate surface area is 163 Å². The number of carbonyl (C=O) groups is 1. The van der Waals surface area contributed by atoms with Crippen molar-refractivity contribution >= 4 is 15.9 Å². The van der Waals surface area contributed by atoms with Gasteiger partial charge >= 0.3 is 0 Å². The highest BCUT2D eigenvalue weighted by atomic mass is 32.2. The van der Waals surface area contributed by atoms with E-state index in [0.29, 0.717) is 13.1 Å². The minimum absolute atomic E-state index is 0.0328.